The highest BCUT2D eigenvalue weighted by Crippen LogP contribution is 2.22. The number of carbonyl (C=O) groups excluding carboxylic acids is 1. The summed E-state index contributed by atoms with van der Waals surface area (Å²) in [4.78, 5) is 11.3. The van der Waals surface area contributed by atoms with E-state index in [4.69, 9.17) is 4.74 Å². The molecule has 0 amide bonds. The van der Waals surface area contributed by atoms with Crippen molar-refractivity contribution in [2.24, 2.45) is 0 Å². The molecule has 1 aliphatic rings. The normalized spacial score (nSPS) is 18.3. The van der Waals surface area contributed by atoms with Crippen molar-refractivity contribution in [3.05, 3.63) is 0 Å². The summed E-state index contributed by atoms with van der Waals surface area (Å²) in [7, 11) is 0. The highest BCUT2D eigenvalue weighted by molar-refractivity contribution is 5.79. The third kappa shape index (κ3) is 7.33. The van der Waals surface area contributed by atoms with Crippen molar-refractivity contribution in [1.29, 1.82) is 0 Å². The van der Waals surface area contributed by atoms with E-state index >= 15 is 0 Å². The Bertz CT molecular complexity index is 237. The summed E-state index contributed by atoms with van der Waals surface area (Å²) < 4.78 is 40.9. The number of ketones is 1. The molecule has 1 aliphatic heterocycles. The fourth-order valence-corrected chi connectivity index (χ4v) is 1.73. The van der Waals surface area contributed by atoms with Crippen LogP contribution in [0.3, 0.4) is 0 Å². The van der Waals surface area contributed by atoms with Crippen LogP contribution in [0, 0.1) is 0 Å². The average molecular weight is 253 g/mol. The van der Waals surface area contributed by atoms with Crippen molar-refractivity contribution in [3.8, 4) is 0 Å². The van der Waals surface area contributed by atoms with Crippen molar-refractivity contribution in [2.75, 3.05) is 19.7 Å². The van der Waals surface area contributed by atoms with Crippen molar-refractivity contribution in [3.63, 3.8) is 0 Å². The smallest absolute Gasteiger partial charge is 0.370 e. The molecule has 0 aromatic rings. The molecule has 0 aromatic carbocycles. The Morgan fingerprint density at radius 2 is 1.94 bits per heavy atom. The first kappa shape index (κ1) is 14.4. The van der Waals surface area contributed by atoms with Gasteiger partial charge in [0, 0.05) is 12.8 Å². The summed E-state index contributed by atoms with van der Waals surface area (Å²) in [5.74, 6) is -0.243. The Labute approximate surface area is 98.7 Å². The van der Waals surface area contributed by atoms with Crippen LogP contribution in [0.5, 0.6) is 0 Å². The maximum Gasteiger partial charge on any atom is 0.389 e. The van der Waals surface area contributed by atoms with E-state index in [0.717, 1.165) is 25.9 Å². The van der Waals surface area contributed by atoms with Gasteiger partial charge in [0.1, 0.15) is 6.61 Å². The van der Waals surface area contributed by atoms with Crippen molar-refractivity contribution < 1.29 is 22.7 Å². The van der Waals surface area contributed by atoms with Crippen LogP contribution in [-0.4, -0.2) is 37.8 Å². The highest BCUT2D eigenvalue weighted by Gasteiger charge is 2.26. The maximum absolute atomic E-state index is 11.8. The summed E-state index contributed by atoms with van der Waals surface area (Å²) in [6.07, 6.45) is -3.47. The molecule has 6 heteroatoms. The monoisotopic (exact) mass is 253 g/mol. The average Bonchev–Trinajstić information content (AvgIpc) is 2.26. The summed E-state index contributed by atoms with van der Waals surface area (Å²) in [6, 6.07) is 0. The molecule has 1 saturated heterocycles. The van der Waals surface area contributed by atoms with Crippen LogP contribution < -0.4 is 5.32 Å². The molecule has 1 heterocycles. The van der Waals surface area contributed by atoms with Gasteiger partial charge in [-0.1, -0.05) is 0 Å². The van der Waals surface area contributed by atoms with Crippen molar-refractivity contribution in [1.82, 2.24) is 5.32 Å². The van der Waals surface area contributed by atoms with Gasteiger partial charge in [0.25, 0.3) is 0 Å². The first-order valence-corrected chi connectivity index (χ1v) is 5.88. The van der Waals surface area contributed by atoms with E-state index < -0.39 is 12.6 Å². The lowest BCUT2D eigenvalue weighted by Crippen LogP contribution is -2.33. The Kier molecular flexibility index (Phi) is 5.91. The second-order valence-electron chi connectivity index (χ2n) is 4.27. The second kappa shape index (κ2) is 6.96. The van der Waals surface area contributed by atoms with Gasteiger partial charge in [-0.05, 0) is 32.4 Å². The number of carbonyl (C=O) groups is 1. The first-order chi connectivity index (χ1) is 7.97. The van der Waals surface area contributed by atoms with Gasteiger partial charge in [0.15, 0.2) is 5.78 Å². The lowest BCUT2D eigenvalue weighted by molar-refractivity contribution is -0.138. The van der Waals surface area contributed by atoms with Gasteiger partial charge in [0.2, 0.25) is 0 Å². The summed E-state index contributed by atoms with van der Waals surface area (Å²) in [5.41, 5.74) is 0. The standard InChI is InChI=1S/C11H18F3NO2/c12-11(13,14)5-1-2-9(16)8-17-10-3-6-15-7-4-10/h10,15H,1-8H2. The van der Waals surface area contributed by atoms with Crippen LogP contribution >= 0.6 is 0 Å². The van der Waals surface area contributed by atoms with Crippen LogP contribution in [-0.2, 0) is 9.53 Å². The molecule has 0 aliphatic carbocycles. The van der Waals surface area contributed by atoms with Crippen LogP contribution in [0.25, 0.3) is 0 Å². The zero-order chi connectivity index (χ0) is 12.7. The van der Waals surface area contributed by atoms with Gasteiger partial charge >= 0.3 is 6.18 Å². The highest BCUT2D eigenvalue weighted by atomic mass is 19.4. The van der Waals surface area contributed by atoms with Crippen LogP contribution in [0.2, 0.25) is 0 Å². The SMILES string of the molecule is O=C(CCCC(F)(F)F)COC1CCNCC1. The Hall–Kier alpha value is -0.620. The van der Waals surface area contributed by atoms with Crippen LogP contribution in [0.15, 0.2) is 0 Å². The number of Topliss-reactive ketones (excluding diaryl/α,β-unsaturated/α-hetero) is 1. The fourth-order valence-electron chi connectivity index (χ4n) is 1.73. The third-order valence-electron chi connectivity index (χ3n) is 2.68. The van der Waals surface area contributed by atoms with E-state index in [0.29, 0.717) is 0 Å². The number of ether oxygens (including phenoxy) is 1. The van der Waals surface area contributed by atoms with Crippen LogP contribution in [0.4, 0.5) is 13.2 Å². The molecule has 0 unspecified atom stereocenters. The predicted octanol–water partition coefficient (Wildman–Crippen LogP) is 2.06. The molecule has 0 atom stereocenters. The molecule has 0 aromatic heterocycles. The van der Waals surface area contributed by atoms with E-state index in [9.17, 15) is 18.0 Å². The van der Waals surface area contributed by atoms with Crippen LogP contribution in [0.1, 0.15) is 32.1 Å². The molecule has 0 radical (unpaired) electrons. The summed E-state index contributed by atoms with van der Waals surface area (Å²) in [6.45, 7) is 1.68. The lowest BCUT2D eigenvalue weighted by atomic mass is 10.1. The Balaban J connectivity index is 2.04. The number of hydrogen-bond acceptors (Lipinski definition) is 3. The van der Waals surface area contributed by atoms with Crippen molar-refractivity contribution >= 4 is 5.78 Å². The minimum absolute atomic E-state index is 0.0511. The van der Waals surface area contributed by atoms with Gasteiger partial charge in [0.05, 0.1) is 6.10 Å². The molecular formula is C11H18F3NO2. The van der Waals surface area contributed by atoms with Gasteiger partial charge in [-0.25, -0.2) is 0 Å². The molecular weight excluding hydrogens is 235 g/mol. The maximum atomic E-state index is 11.8. The summed E-state index contributed by atoms with van der Waals surface area (Å²) >= 11 is 0. The van der Waals surface area contributed by atoms with Gasteiger partial charge in [-0.2, -0.15) is 13.2 Å². The van der Waals surface area contributed by atoms with Crippen molar-refractivity contribution in [2.45, 2.75) is 44.4 Å². The topological polar surface area (TPSA) is 38.3 Å². The number of halogens is 3. The third-order valence-corrected chi connectivity index (χ3v) is 2.68. The number of alkyl halides is 3. The zero-order valence-corrected chi connectivity index (χ0v) is 9.68. The molecule has 1 fully saturated rings. The fraction of sp³-hybridized carbons (Fsp3) is 0.909. The zero-order valence-electron chi connectivity index (χ0n) is 9.68. The largest absolute Gasteiger partial charge is 0.389 e. The molecule has 0 saturated carbocycles. The Morgan fingerprint density at radius 3 is 2.53 bits per heavy atom. The molecule has 0 spiro atoms. The lowest BCUT2D eigenvalue weighted by Gasteiger charge is -2.22. The second-order valence-corrected chi connectivity index (χ2v) is 4.27. The van der Waals surface area contributed by atoms with Gasteiger partial charge in [-0.15, -0.1) is 0 Å². The first-order valence-electron chi connectivity index (χ1n) is 5.88. The minimum Gasteiger partial charge on any atom is -0.370 e. The van der Waals surface area contributed by atoms with E-state index in [1.165, 1.54) is 0 Å². The van der Waals surface area contributed by atoms with E-state index in [-0.39, 0.29) is 31.3 Å². The number of rotatable bonds is 6. The number of piperidine rings is 1. The number of nitrogens with one attached hydrogen (secondary N) is 1. The van der Waals surface area contributed by atoms with E-state index in [1.54, 1.807) is 0 Å². The van der Waals surface area contributed by atoms with Gasteiger partial charge < -0.3 is 10.1 Å². The number of hydrogen-bond donors (Lipinski definition) is 1. The minimum atomic E-state index is -4.17. The van der Waals surface area contributed by atoms with E-state index in [2.05, 4.69) is 5.32 Å². The molecule has 3 nitrogen and oxygen atoms in total. The predicted molar refractivity (Wildman–Crippen MR) is 56.8 cm³/mol. The molecule has 100 valence electrons. The molecule has 17 heavy (non-hydrogen) atoms. The summed E-state index contributed by atoms with van der Waals surface area (Å²) in [5, 5.41) is 3.16. The molecule has 1 rings (SSSR count). The van der Waals surface area contributed by atoms with Gasteiger partial charge in [-0.3, -0.25) is 4.79 Å². The molecule has 1 N–H and O–H groups in total. The molecule has 0 bridgehead atoms. The van der Waals surface area contributed by atoms with E-state index in [1.807, 2.05) is 0 Å². The quantitative estimate of drug-likeness (QED) is 0.787. The Morgan fingerprint density at radius 1 is 1.29 bits per heavy atom.